The van der Waals surface area contributed by atoms with Gasteiger partial charge in [-0.2, -0.15) is 9.97 Å². The van der Waals surface area contributed by atoms with Gasteiger partial charge in [0.15, 0.2) is 0 Å². The van der Waals surface area contributed by atoms with E-state index in [1.54, 1.807) is 0 Å². The first-order valence-electron chi connectivity index (χ1n) is 11.8. The van der Waals surface area contributed by atoms with Crippen LogP contribution in [0.4, 0.5) is 17.3 Å². The highest BCUT2D eigenvalue weighted by Crippen LogP contribution is 2.19. The van der Waals surface area contributed by atoms with Gasteiger partial charge in [-0.1, -0.05) is 27.7 Å². The van der Waals surface area contributed by atoms with Gasteiger partial charge in [-0.05, 0) is 57.5 Å². The van der Waals surface area contributed by atoms with Crippen molar-refractivity contribution in [2.75, 3.05) is 76.8 Å². The standard InChI is InChI=1S/C23H40N8O2/c1-6-30(7-2)14-16-32-22-27-21(26-20-12-10-19(11-13-20)25-18-24-5)28-23(29-22)33-17-15-31(8-3)9-4/h10-13,24-25H,6-9,14-18H2,1-5H3,(H,26,27,28,29). The van der Waals surface area contributed by atoms with Crippen LogP contribution in [0.2, 0.25) is 0 Å². The highest BCUT2D eigenvalue weighted by Gasteiger charge is 2.11. The molecule has 33 heavy (non-hydrogen) atoms. The van der Waals surface area contributed by atoms with Crippen LogP contribution in [0.5, 0.6) is 12.0 Å². The van der Waals surface area contributed by atoms with Gasteiger partial charge >= 0.3 is 12.0 Å². The van der Waals surface area contributed by atoms with Crippen molar-refractivity contribution >= 4 is 17.3 Å². The van der Waals surface area contributed by atoms with E-state index >= 15 is 0 Å². The Morgan fingerprint density at radius 3 is 1.67 bits per heavy atom. The number of likely N-dealkylation sites (N-methyl/N-ethyl adjacent to an activating group) is 2. The van der Waals surface area contributed by atoms with Gasteiger partial charge in [0.05, 0.1) is 6.67 Å². The smallest absolute Gasteiger partial charge is 0.324 e. The van der Waals surface area contributed by atoms with Crippen LogP contribution in [-0.4, -0.2) is 91.0 Å². The van der Waals surface area contributed by atoms with Gasteiger partial charge < -0.3 is 35.2 Å². The molecule has 10 nitrogen and oxygen atoms in total. The summed E-state index contributed by atoms with van der Waals surface area (Å²) in [5, 5.41) is 9.54. The fourth-order valence-corrected chi connectivity index (χ4v) is 3.13. The maximum atomic E-state index is 5.84. The minimum Gasteiger partial charge on any atom is -0.462 e. The van der Waals surface area contributed by atoms with E-state index in [1.165, 1.54) is 0 Å². The second kappa shape index (κ2) is 15.2. The molecule has 0 radical (unpaired) electrons. The van der Waals surface area contributed by atoms with E-state index in [4.69, 9.17) is 9.47 Å². The molecular weight excluding hydrogens is 420 g/mol. The van der Waals surface area contributed by atoms with Crippen LogP contribution in [-0.2, 0) is 0 Å². The van der Waals surface area contributed by atoms with Crippen molar-refractivity contribution in [1.29, 1.82) is 0 Å². The summed E-state index contributed by atoms with van der Waals surface area (Å²) in [6, 6.07) is 8.41. The van der Waals surface area contributed by atoms with Crippen molar-refractivity contribution in [1.82, 2.24) is 30.1 Å². The number of rotatable bonds is 17. The molecule has 0 saturated carbocycles. The molecule has 1 heterocycles. The summed E-state index contributed by atoms with van der Waals surface area (Å²) in [6.45, 7) is 15.7. The normalized spacial score (nSPS) is 11.1. The van der Waals surface area contributed by atoms with E-state index in [2.05, 4.69) is 68.4 Å². The molecule has 0 unspecified atom stereocenters. The predicted octanol–water partition coefficient (Wildman–Crippen LogP) is 2.65. The van der Waals surface area contributed by atoms with E-state index in [0.717, 1.165) is 50.6 Å². The number of benzene rings is 1. The Balaban J connectivity index is 2.08. The van der Waals surface area contributed by atoms with Gasteiger partial charge in [0.1, 0.15) is 13.2 Å². The largest absolute Gasteiger partial charge is 0.462 e. The first-order valence-corrected chi connectivity index (χ1v) is 11.8. The van der Waals surface area contributed by atoms with Gasteiger partial charge in [0.2, 0.25) is 5.95 Å². The highest BCUT2D eigenvalue weighted by molar-refractivity contribution is 5.58. The zero-order chi connectivity index (χ0) is 23.9. The molecule has 1 aromatic carbocycles. The van der Waals surface area contributed by atoms with E-state index in [9.17, 15) is 0 Å². The number of anilines is 3. The molecule has 3 N–H and O–H groups in total. The average Bonchev–Trinajstić information content (AvgIpc) is 2.84. The molecule has 0 bridgehead atoms. The second-order valence-electron chi connectivity index (χ2n) is 7.38. The summed E-state index contributed by atoms with van der Waals surface area (Å²) in [7, 11) is 1.90. The monoisotopic (exact) mass is 460 g/mol. The number of nitrogens with one attached hydrogen (secondary N) is 3. The molecule has 2 rings (SSSR count). The first kappa shape index (κ1) is 26.6. The number of nitrogens with zero attached hydrogens (tertiary/aromatic N) is 5. The van der Waals surface area contributed by atoms with Crippen LogP contribution in [0.15, 0.2) is 24.3 Å². The van der Waals surface area contributed by atoms with Crippen LogP contribution >= 0.6 is 0 Å². The molecule has 0 aliphatic carbocycles. The Labute approximate surface area is 198 Å². The van der Waals surface area contributed by atoms with Crippen LogP contribution < -0.4 is 25.4 Å². The summed E-state index contributed by atoms with van der Waals surface area (Å²) in [5.74, 6) is 0.386. The Morgan fingerprint density at radius 2 is 1.21 bits per heavy atom. The molecule has 0 atom stereocenters. The van der Waals surface area contributed by atoms with Gasteiger partial charge in [0, 0.05) is 24.5 Å². The van der Waals surface area contributed by atoms with Crippen molar-refractivity contribution < 1.29 is 9.47 Å². The number of hydrogen-bond donors (Lipinski definition) is 3. The molecule has 0 fully saturated rings. The van der Waals surface area contributed by atoms with E-state index in [1.807, 2.05) is 31.3 Å². The van der Waals surface area contributed by atoms with Crippen LogP contribution in [0.3, 0.4) is 0 Å². The third-order valence-electron chi connectivity index (χ3n) is 5.27. The lowest BCUT2D eigenvalue weighted by molar-refractivity contribution is 0.197. The quantitative estimate of drug-likeness (QED) is 0.306. The molecule has 1 aromatic heterocycles. The van der Waals surface area contributed by atoms with Crippen molar-refractivity contribution in [3.8, 4) is 12.0 Å². The lowest BCUT2D eigenvalue weighted by Gasteiger charge is -2.18. The zero-order valence-electron chi connectivity index (χ0n) is 20.7. The maximum absolute atomic E-state index is 5.84. The highest BCUT2D eigenvalue weighted by atomic mass is 16.5. The first-order chi connectivity index (χ1) is 16.1. The van der Waals surface area contributed by atoms with Gasteiger partial charge in [-0.15, -0.1) is 4.98 Å². The number of ether oxygens (including phenoxy) is 2. The van der Waals surface area contributed by atoms with Crippen LogP contribution in [0.25, 0.3) is 0 Å². The zero-order valence-corrected chi connectivity index (χ0v) is 20.7. The van der Waals surface area contributed by atoms with Gasteiger partial charge in [0.25, 0.3) is 0 Å². The number of aromatic nitrogens is 3. The summed E-state index contributed by atoms with van der Waals surface area (Å²) < 4.78 is 11.7. The molecule has 0 aliphatic heterocycles. The summed E-state index contributed by atoms with van der Waals surface area (Å²) in [4.78, 5) is 17.8. The minimum absolute atomic E-state index is 0.254. The maximum Gasteiger partial charge on any atom is 0.324 e. The van der Waals surface area contributed by atoms with Crippen molar-refractivity contribution in [3.05, 3.63) is 24.3 Å². The van der Waals surface area contributed by atoms with Crippen LogP contribution in [0, 0.1) is 0 Å². The third kappa shape index (κ3) is 9.77. The van der Waals surface area contributed by atoms with Gasteiger partial charge in [-0.3, -0.25) is 0 Å². The molecule has 0 saturated heterocycles. The summed E-state index contributed by atoms with van der Waals surface area (Å²) in [5.41, 5.74) is 1.88. The van der Waals surface area contributed by atoms with Crippen molar-refractivity contribution in [2.45, 2.75) is 27.7 Å². The van der Waals surface area contributed by atoms with Crippen molar-refractivity contribution in [2.24, 2.45) is 0 Å². The lowest BCUT2D eigenvalue weighted by atomic mass is 10.3. The molecule has 10 heteroatoms. The average molecular weight is 461 g/mol. The lowest BCUT2D eigenvalue weighted by Crippen LogP contribution is -2.28. The molecule has 0 spiro atoms. The predicted molar refractivity (Wildman–Crippen MR) is 134 cm³/mol. The SMILES string of the molecule is CCN(CC)CCOc1nc(Nc2ccc(NCNC)cc2)nc(OCCN(CC)CC)n1. The van der Waals surface area contributed by atoms with Gasteiger partial charge in [-0.25, -0.2) is 0 Å². The van der Waals surface area contributed by atoms with Crippen molar-refractivity contribution in [3.63, 3.8) is 0 Å². The van der Waals surface area contributed by atoms with Crippen LogP contribution in [0.1, 0.15) is 27.7 Å². The fourth-order valence-electron chi connectivity index (χ4n) is 3.13. The Morgan fingerprint density at radius 1 is 0.727 bits per heavy atom. The topological polar surface area (TPSA) is 99.7 Å². The van der Waals surface area contributed by atoms with E-state index < -0.39 is 0 Å². The summed E-state index contributed by atoms with van der Waals surface area (Å²) in [6.07, 6.45) is 0. The second-order valence-corrected chi connectivity index (χ2v) is 7.38. The Kier molecular flexibility index (Phi) is 12.2. The Hall–Kier alpha value is -2.69. The molecule has 0 amide bonds. The number of hydrogen-bond acceptors (Lipinski definition) is 10. The van der Waals surface area contributed by atoms with E-state index in [-0.39, 0.29) is 12.0 Å². The molecule has 184 valence electrons. The summed E-state index contributed by atoms with van der Waals surface area (Å²) >= 11 is 0. The molecular formula is C23H40N8O2. The Bertz CT molecular complexity index is 746. The third-order valence-corrected chi connectivity index (χ3v) is 5.27. The minimum atomic E-state index is 0.254. The van der Waals surface area contributed by atoms with E-state index in [0.29, 0.717) is 25.8 Å². The fraction of sp³-hybridized carbons (Fsp3) is 0.609. The molecule has 0 aliphatic rings. The molecule has 2 aromatic rings.